The van der Waals surface area contributed by atoms with Crippen LogP contribution in [0, 0.1) is 0 Å². The number of nitrogens with one attached hydrogen (secondary N) is 2. The topological polar surface area (TPSA) is 66.5 Å². The van der Waals surface area contributed by atoms with Gasteiger partial charge in [-0.3, -0.25) is 5.10 Å². The maximum absolute atomic E-state index is 4.68. The molecule has 1 aliphatic rings. The van der Waals surface area contributed by atoms with Crippen molar-refractivity contribution in [2.75, 3.05) is 12.4 Å². The lowest BCUT2D eigenvalue weighted by molar-refractivity contribution is 0.420. The monoisotopic (exact) mass is 279 g/mol. The van der Waals surface area contributed by atoms with E-state index in [1.165, 1.54) is 30.4 Å². The lowest BCUT2D eigenvalue weighted by Crippen LogP contribution is -2.10. The minimum absolute atomic E-state index is 0.616. The van der Waals surface area contributed by atoms with Gasteiger partial charge in [0, 0.05) is 12.6 Å². The molecule has 1 aliphatic carbocycles. The van der Waals surface area contributed by atoms with Crippen LogP contribution in [-0.2, 0) is 0 Å². The summed E-state index contributed by atoms with van der Waals surface area (Å²) in [5, 5.41) is 11.1. The number of aromatic amines is 1. The molecule has 0 aliphatic heterocycles. The molecule has 1 aromatic carbocycles. The second-order valence-corrected chi connectivity index (χ2v) is 5.49. The zero-order chi connectivity index (χ0) is 14.2. The summed E-state index contributed by atoms with van der Waals surface area (Å²) < 4.78 is 0. The number of anilines is 1. The van der Waals surface area contributed by atoms with Crippen molar-refractivity contribution in [2.45, 2.75) is 25.2 Å². The van der Waals surface area contributed by atoms with Crippen molar-refractivity contribution >= 4 is 17.0 Å². The molecule has 5 heteroatoms. The first-order chi connectivity index (χ1) is 10.4. The molecule has 2 N–H and O–H groups in total. The normalized spacial score (nSPS) is 15.1. The molecule has 0 unspecified atom stereocenters. The van der Waals surface area contributed by atoms with Gasteiger partial charge in [0.05, 0.1) is 17.3 Å². The maximum atomic E-state index is 4.68. The second kappa shape index (κ2) is 4.84. The number of nitrogens with zero attached hydrogens (tertiary/aromatic N) is 3. The Morgan fingerprint density at radius 3 is 2.81 bits per heavy atom. The van der Waals surface area contributed by atoms with E-state index in [2.05, 4.69) is 49.7 Å². The van der Waals surface area contributed by atoms with E-state index in [0.29, 0.717) is 11.9 Å². The molecule has 0 amide bonds. The summed E-state index contributed by atoms with van der Waals surface area (Å²) in [5.41, 5.74) is 4.33. The molecule has 106 valence electrons. The quantitative estimate of drug-likeness (QED) is 0.771. The van der Waals surface area contributed by atoms with Crippen molar-refractivity contribution < 1.29 is 0 Å². The van der Waals surface area contributed by atoms with Crippen LogP contribution < -0.4 is 5.32 Å². The molecular formula is C16H17N5. The highest BCUT2D eigenvalue weighted by atomic mass is 15.2. The molecule has 1 fully saturated rings. The zero-order valence-electron chi connectivity index (χ0n) is 11.9. The third kappa shape index (κ3) is 1.96. The van der Waals surface area contributed by atoms with Crippen molar-refractivity contribution in [1.82, 2.24) is 20.2 Å². The summed E-state index contributed by atoms with van der Waals surface area (Å²) in [6.07, 6.45) is 5.68. The van der Waals surface area contributed by atoms with Crippen LogP contribution in [0.25, 0.3) is 22.3 Å². The highest BCUT2D eigenvalue weighted by Crippen LogP contribution is 2.41. The van der Waals surface area contributed by atoms with Crippen LogP contribution in [0.15, 0.2) is 30.5 Å². The van der Waals surface area contributed by atoms with E-state index in [1.807, 2.05) is 13.2 Å². The summed E-state index contributed by atoms with van der Waals surface area (Å²) in [7, 11) is 1.83. The molecule has 0 spiro atoms. The van der Waals surface area contributed by atoms with E-state index < -0.39 is 0 Å². The first-order valence-electron chi connectivity index (χ1n) is 7.35. The van der Waals surface area contributed by atoms with Crippen molar-refractivity contribution in [3.8, 4) is 11.3 Å². The van der Waals surface area contributed by atoms with Crippen LogP contribution in [0.4, 0.5) is 5.95 Å². The van der Waals surface area contributed by atoms with E-state index in [1.54, 1.807) is 0 Å². The van der Waals surface area contributed by atoms with E-state index in [9.17, 15) is 0 Å². The predicted octanol–water partition coefficient (Wildman–Crippen LogP) is 3.33. The van der Waals surface area contributed by atoms with E-state index >= 15 is 0 Å². The van der Waals surface area contributed by atoms with Crippen molar-refractivity contribution in [3.63, 3.8) is 0 Å². The first-order valence-corrected chi connectivity index (χ1v) is 7.35. The van der Waals surface area contributed by atoms with Gasteiger partial charge < -0.3 is 5.32 Å². The molecule has 3 aromatic rings. The number of hydrogen-bond acceptors (Lipinski definition) is 4. The Morgan fingerprint density at radius 2 is 2.05 bits per heavy atom. The minimum atomic E-state index is 0.616. The predicted molar refractivity (Wildman–Crippen MR) is 83.3 cm³/mol. The van der Waals surface area contributed by atoms with Gasteiger partial charge in [0.25, 0.3) is 0 Å². The molecule has 0 atom stereocenters. The number of benzene rings is 1. The standard InChI is InChI=1S/C16H17N5/c1-17-16-19-14(13-9-18-21-15(13)20-16)12-8-3-2-7-11(12)10-5-4-6-10/h2-3,7-10H,4-6H2,1H3,(H2,17,18,19,20,21). The third-order valence-corrected chi connectivity index (χ3v) is 4.29. The number of aromatic nitrogens is 4. The number of rotatable bonds is 3. The van der Waals surface area contributed by atoms with Crippen molar-refractivity contribution in [1.29, 1.82) is 0 Å². The van der Waals surface area contributed by atoms with Gasteiger partial charge in [0.15, 0.2) is 5.65 Å². The zero-order valence-corrected chi connectivity index (χ0v) is 11.9. The van der Waals surface area contributed by atoms with Crippen LogP contribution in [0.1, 0.15) is 30.7 Å². The fourth-order valence-electron chi connectivity index (χ4n) is 2.94. The molecule has 5 nitrogen and oxygen atoms in total. The van der Waals surface area contributed by atoms with Gasteiger partial charge >= 0.3 is 0 Å². The van der Waals surface area contributed by atoms with Crippen LogP contribution in [-0.4, -0.2) is 27.2 Å². The Labute approximate surface area is 122 Å². The number of fused-ring (bicyclic) bond motifs is 1. The molecule has 1 saturated carbocycles. The van der Waals surface area contributed by atoms with Crippen molar-refractivity contribution in [3.05, 3.63) is 36.0 Å². The Hall–Kier alpha value is -2.43. The summed E-state index contributed by atoms with van der Waals surface area (Å²) in [4.78, 5) is 9.09. The van der Waals surface area contributed by atoms with Gasteiger partial charge in [0.1, 0.15) is 0 Å². The smallest absolute Gasteiger partial charge is 0.225 e. The second-order valence-electron chi connectivity index (χ2n) is 5.49. The van der Waals surface area contributed by atoms with Gasteiger partial charge in [-0.2, -0.15) is 10.1 Å². The minimum Gasteiger partial charge on any atom is -0.357 e. The van der Waals surface area contributed by atoms with E-state index in [-0.39, 0.29) is 0 Å². The maximum Gasteiger partial charge on any atom is 0.225 e. The Bertz CT molecular complexity index is 788. The molecule has 2 aromatic heterocycles. The molecule has 21 heavy (non-hydrogen) atoms. The lowest BCUT2D eigenvalue weighted by atomic mass is 9.77. The van der Waals surface area contributed by atoms with Gasteiger partial charge in [0.2, 0.25) is 5.95 Å². The fraction of sp³-hybridized carbons (Fsp3) is 0.312. The summed E-state index contributed by atoms with van der Waals surface area (Å²) in [6.45, 7) is 0. The Morgan fingerprint density at radius 1 is 1.19 bits per heavy atom. The molecule has 0 bridgehead atoms. The largest absolute Gasteiger partial charge is 0.357 e. The van der Waals surface area contributed by atoms with E-state index in [0.717, 1.165) is 16.7 Å². The average molecular weight is 279 g/mol. The summed E-state index contributed by atoms with van der Waals surface area (Å²) in [6, 6.07) is 8.57. The number of hydrogen-bond donors (Lipinski definition) is 2. The van der Waals surface area contributed by atoms with Crippen LogP contribution in [0.3, 0.4) is 0 Å². The highest BCUT2D eigenvalue weighted by molar-refractivity contribution is 5.91. The van der Waals surface area contributed by atoms with Gasteiger partial charge in [-0.1, -0.05) is 30.7 Å². The fourth-order valence-corrected chi connectivity index (χ4v) is 2.94. The highest BCUT2D eigenvalue weighted by Gasteiger charge is 2.24. The lowest BCUT2D eigenvalue weighted by Gasteiger charge is -2.27. The molecular weight excluding hydrogens is 262 g/mol. The van der Waals surface area contributed by atoms with Crippen LogP contribution in [0.2, 0.25) is 0 Å². The summed E-state index contributed by atoms with van der Waals surface area (Å²) >= 11 is 0. The molecule has 0 saturated heterocycles. The summed E-state index contributed by atoms with van der Waals surface area (Å²) in [5.74, 6) is 1.28. The van der Waals surface area contributed by atoms with Gasteiger partial charge in [-0.25, -0.2) is 4.98 Å². The van der Waals surface area contributed by atoms with Crippen molar-refractivity contribution in [2.24, 2.45) is 0 Å². The third-order valence-electron chi connectivity index (χ3n) is 4.29. The number of H-pyrrole nitrogens is 1. The average Bonchev–Trinajstić information content (AvgIpc) is 2.93. The Balaban J connectivity index is 1.95. The van der Waals surface area contributed by atoms with Crippen LogP contribution in [0.5, 0.6) is 0 Å². The SMILES string of the molecule is CNc1nc(-c2ccccc2C2CCC2)c2cn[nH]c2n1. The molecule has 4 rings (SSSR count). The van der Waals surface area contributed by atoms with Gasteiger partial charge in [-0.05, 0) is 24.3 Å². The first kappa shape index (κ1) is 12.3. The van der Waals surface area contributed by atoms with Crippen LogP contribution >= 0.6 is 0 Å². The molecule has 2 heterocycles. The Kier molecular flexibility index (Phi) is 2.84. The van der Waals surface area contributed by atoms with E-state index in [4.69, 9.17) is 0 Å². The molecule has 0 radical (unpaired) electrons. The van der Waals surface area contributed by atoms with Gasteiger partial charge in [-0.15, -0.1) is 0 Å².